The number of carbonyl (C=O) groups is 2. The van der Waals surface area contributed by atoms with Gasteiger partial charge in [-0.05, 0) is 49.9 Å². The Hall–Kier alpha value is -2.89. The molecule has 0 aliphatic carbocycles. The first-order valence-corrected chi connectivity index (χ1v) is 8.90. The minimum absolute atomic E-state index is 0.0824. The van der Waals surface area contributed by atoms with E-state index in [2.05, 4.69) is 20.5 Å². The monoisotopic (exact) mass is 352 g/mol. The number of para-hydroxylation sites is 1. The van der Waals surface area contributed by atoms with Crippen LogP contribution in [0.25, 0.3) is 0 Å². The van der Waals surface area contributed by atoms with Gasteiger partial charge in [0.15, 0.2) is 0 Å². The molecule has 2 N–H and O–H groups in total. The van der Waals surface area contributed by atoms with E-state index in [4.69, 9.17) is 0 Å². The molecule has 2 amide bonds. The molecule has 1 saturated heterocycles. The topological polar surface area (TPSA) is 74.3 Å². The molecule has 0 unspecified atom stereocenters. The van der Waals surface area contributed by atoms with Crippen molar-refractivity contribution in [1.82, 2.24) is 10.3 Å². The number of carbonyl (C=O) groups excluding carboxylic acids is 2. The quantitative estimate of drug-likeness (QED) is 0.868. The first-order valence-electron chi connectivity index (χ1n) is 8.90. The molecule has 1 aromatic heterocycles. The van der Waals surface area contributed by atoms with Crippen LogP contribution in [-0.4, -0.2) is 36.4 Å². The highest BCUT2D eigenvalue weighted by atomic mass is 16.2. The molecular weight excluding hydrogens is 328 g/mol. The van der Waals surface area contributed by atoms with Gasteiger partial charge in [-0.25, -0.2) is 4.98 Å². The Kier molecular flexibility index (Phi) is 5.51. The Morgan fingerprint density at radius 3 is 2.46 bits per heavy atom. The lowest BCUT2D eigenvalue weighted by molar-refractivity contribution is -0.115. The molecule has 1 aliphatic heterocycles. The first kappa shape index (κ1) is 17.9. The van der Waals surface area contributed by atoms with Gasteiger partial charge in [-0.3, -0.25) is 9.59 Å². The lowest BCUT2D eigenvalue weighted by atomic mass is 10.1. The summed E-state index contributed by atoms with van der Waals surface area (Å²) in [6.07, 6.45) is 3.91. The number of anilines is 2. The number of hydrogen-bond donors (Lipinski definition) is 2. The van der Waals surface area contributed by atoms with E-state index in [1.165, 1.54) is 0 Å². The van der Waals surface area contributed by atoms with E-state index < -0.39 is 0 Å². The summed E-state index contributed by atoms with van der Waals surface area (Å²) in [4.78, 5) is 31.3. The Labute approximate surface area is 153 Å². The molecule has 6 heteroatoms. The molecule has 1 aliphatic rings. The number of hydrogen-bond acceptors (Lipinski definition) is 4. The maximum absolute atomic E-state index is 12.6. The molecule has 1 aromatic carbocycles. The molecule has 26 heavy (non-hydrogen) atoms. The van der Waals surface area contributed by atoms with Crippen LogP contribution >= 0.6 is 0 Å². The zero-order valence-corrected chi connectivity index (χ0v) is 15.2. The Morgan fingerprint density at radius 1 is 1.08 bits per heavy atom. The smallest absolute Gasteiger partial charge is 0.255 e. The standard InChI is InChI=1S/C20H24N4O2/c1-14-7-5-8-15(2)18(14)23-17(25)13-22-20(26)16-9-6-10-21-19(16)24-11-3-4-12-24/h5-10H,3-4,11-13H2,1-2H3,(H,22,26)(H,23,25). The maximum atomic E-state index is 12.6. The highest BCUT2D eigenvalue weighted by Crippen LogP contribution is 2.22. The second-order valence-corrected chi connectivity index (χ2v) is 6.57. The van der Waals surface area contributed by atoms with E-state index >= 15 is 0 Å². The van der Waals surface area contributed by atoms with Gasteiger partial charge in [0.05, 0.1) is 12.1 Å². The van der Waals surface area contributed by atoms with Crippen LogP contribution in [0, 0.1) is 13.8 Å². The lowest BCUT2D eigenvalue weighted by Gasteiger charge is -2.19. The van der Waals surface area contributed by atoms with Crippen LogP contribution in [0.2, 0.25) is 0 Å². The van der Waals surface area contributed by atoms with Crippen molar-refractivity contribution in [3.63, 3.8) is 0 Å². The van der Waals surface area contributed by atoms with Crippen LogP contribution in [0.5, 0.6) is 0 Å². The summed E-state index contributed by atoms with van der Waals surface area (Å²) in [5.41, 5.74) is 3.29. The minimum Gasteiger partial charge on any atom is -0.356 e. The summed E-state index contributed by atoms with van der Waals surface area (Å²) in [5.74, 6) is 0.164. The summed E-state index contributed by atoms with van der Waals surface area (Å²) in [5, 5.41) is 5.58. The van der Waals surface area contributed by atoms with E-state index in [9.17, 15) is 9.59 Å². The number of rotatable bonds is 5. The third-order valence-corrected chi connectivity index (χ3v) is 4.59. The summed E-state index contributed by atoms with van der Waals surface area (Å²) < 4.78 is 0. The van der Waals surface area contributed by atoms with E-state index in [1.54, 1.807) is 18.3 Å². The van der Waals surface area contributed by atoms with E-state index in [0.29, 0.717) is 11.4 Å². The van der Waals surface area contributed by atoms with Gasteiger partial charge in [0.1, 0.15) is 5.82 Å². The van der Waals surface area contributed by atoms with Crippen molar-refractivity contribution in [1.29, 1.82) is 0 Å². The van der Waals surface area contributed by atoms with Crippen LogP contribution in [0.15, 0.2) is 36.5 Å². The van der Waals surface area contributed by atoms with Gasteiger partial charge in [0, 0.05) is 25.0 Å². The van der Waals surface area contributed by atoms with Crippen molar-refractivity contribution < 1.29 is 9.59 Å². The van der Waals surface area contributed by atoms with E-state index in [-0.39, 0.29) is 18.4 Å². The summed E-state index contributed by atoms with van der Waals surface area (Å²) in [6, 6.07) is 9.33. The van der Waals surface area contributed by atoms with Gasteiger partial charge in [-0.1, -0.05) is 18.2 Å². The van der Waals surface area contributed by atoms with Gasteiger partial charge >= 0.3 is 0 Å². The molecule has 0 bridgehead atoms. The first-order chi connectivity index (χ1) is 12.6. The molecule has 0 spiro atoms. The van der Waals surface area contributed by atoms with Gasteiger partial charge in [0.2, 0.25) is 5.91 Å². The summed E-state index contributed by atoms with van der Waals surface area (Å²) in [6.45, 7) is 5.62. The number of aryl methyl sites for hydroxylation is 2. The SMILES string of the molecule is Cc1cccc(C)c1NC(=O)CNC(=O)c1cccnc1N1CCCC1. The minimum atomic E-state index is -0.281. The highest BCUT2D eigenvalue weighted by molar-refractivity contribution is 6.02. The molecule has 1 fully saturated rings. The van der Waals surface area contributed by atoms with Crippen molar-refractivity contribution in [2.45, 2.75) is 26.7 Å². The van der Waals surface area contributed by atoms with Gasteiger partial charge in [-0.2, -0.15) is 0 Å². The molecule has 0 saturated carbocycles. The number of amides is 2. The largest absolute Gasteiger partial charge is 0.356 e. The van der Waals surface area contributed by atoms with Crippen LogP contribution in [0.1, 0.15) is 34.3 Å². The Balaban J connectivity index is 1.63. The predicted molar refractivity (Wildman–Crippen MR) is 103 cm³/mol. The highest BCUT2D eigenvalue weighted by Gasteiger charge is 2.20. The fourth-order valence-corrected chi connectivity index (χ4v) is 3.21. The number of nitrogens with zero attached hydrogens (tertiary/aromatic N) is 2. The molecule has 0 radical (unpaired) electrons. The number of pyridine rings is 1. The van der Waals surface area contributed by atoms with E-state index in [1.807, 2.05) is 32.0 Å². The second-order valence-electron chi connectivity index (χ2n) is 6.57. The predicted octanol–water partition coefficient (Wildman–Crippen LogP) is 2.67. The van der Waals surface area contributed by atoms with Gasteiger partial charge in [-0.15, -0.1) is 0 Å². The molecule has 2 heterocycles. The fraction of sp³-hybridized carbons (Fsp3) is 0.350. The Bertz CT molecular complexity index is 793. The van der Waals surface area contributed by atoms with Gasteiger partial charge < -0.3 is 15.5 Å². The molecular formula is C20H24N4O2. The lowest BCUT2D eigenvalue weighted by Crippen LogP contribution is -2.34. The molecule has 2 aromatic rings. The zero-order valence-electron chi connectivity index (χ0n) is 15.2. The average Bonchev–Trinajstić information content (AvgIpc) is 3.17. The fourth-order valence-electron chi connectivity index (χ4n) is 3.21. The third-order valence-electron chi connectivity index (χ3n) is 4.59. The van der Waals surface area contributed by atoms with Crippen LogP contribution in [-0.2, 0) is 4.79 Å². The van der Waals surface area contributed by atoms with Crippen LogP contribution < -0.4 is 15.5 Å². The molecule has 136 valence electrons. The third kappa shape index (κ3) is 4.02. The number of nitrogens with one attached hydrogen (secondary N) is 2. The number of benzene rings is 1. The van der Waals surface area contributed by atoms with Crippen molar-refractivity contribution in [2.75, 3.05) is 29.9 Å². The maximum Gasteiger partial charge on any atom is 0.255 e. The molecule has 6 nitrogen and oxygen atoms in total. The Morgan fingerprint density at radius 2 is 1.77 bits per heavy atom. The molecule has 3 rings (SSSR count). The normalized spacial score (nSPS) is 13.5. The van der Waals surface area contributed by atoms with E-state index in [0.717, 1.165) is 42.7 Å². The average molecular weight is 352 g/mol. The summed E-state index contributed by atoms with van der Waals surface area (Å²) >= 11 is 0. The van der Waals surface area contributed by atoms with Crippen molar-refractivity contribution in [2.24, 2.45) is 0 Å². The molecule has 0 atom stereocenters. The van der Waals surface area contributed by atoms with Crippen LogP contribution in [0.4, 0.5) is 11.5 Å². The van der Waals surface area contributed by atoms with Crippen molar-refractivity contribution >= 4 is 23.3 Å². The van der Waals surface area contributed by atoms with Gasteiger partial charge in [0.25, 0.3) is 5.91 Å². The summed E-state index contributed by atoms with van der Waals surface area (Å²) in [7, 11) is 0. The zero-order chi connectivity index (χ0) is 18.5. The van der Waals surface area contributed by atoms with Crippen molar-refractivity contribution in [3.8, 4) is 0 Å². The second kappa shape index (κ2) is 7.99. The van der Waals surface area contributed by atoms with Crippen molar-refractivity contribution in [3.05, 3.63) is 53.2 Å². The van der Waals surface area contributed by atoms with Crippen LogP contribution in [0.3, 0.4) is 0 Å². The number of aromatic nitrogens is 1.